The number of rotatable bonds is 11. The lowest BCUT2D eigenvalue weighted by Crippen LogP contribution is -2.39. The van der Waals surface area contributed by atoms with Gasteiger partial charge < -0.3 is 15.6 Å². The van der Waals surface area contributed by atoms with Crippen molar-refractivity contribution in [1.82, 2.24) is 15.4 Å². The first-order valence-corrected chi connectivity index (χ1v) is 9.23. The molecule has 0 bridgehead atoms. The van der Waals surface area contributed by atoms with Crippen LogP contribution in [0.4, 0.5) is 0 Å². The minimum absolute atomic E-state index is 0.0479. The second-order valence-corrected chi connectivity index (χ2v) is 6.44. The van der Waals surface area contributed by atoms with Crippen molar-refractivity contribution < 1.29 is 14.6 Å². The van der Waals surface area contributed by atoms with Gasteiger partial charge in [-0.15, -0.1) is 0 Å². The number of hydrogen-bond acceptors (Lipinski definition) is 8. The van der Waals surface area contributed by atoms with Gasteiger partial charge in [0.2, 0.25) is 6.29 Å². The number of benzene rings is 1. The number of ether oxygens (including phenoxy) is 1. The summed E-state index contributed by atoms with van der Waals surface area (Å²) >= 11 is 1.58. The third-order valence-electron chi connectivity index (χ3n) is 3.77. The normalized spacial score (nSPS) is 22.0. The Bertz CT molecular complexity index is 546. The molecule has 1 aromatic carbocycles. The van der Waals surface area contributed by atoms with Crippen molar-refractivity contribution in [3.8, 4) is 5.75 Å². The average molecular weight is 354 g/mol. The number of Topliss-reactive ketones (excluding diaryl/α,β-unsaturated/α-hetero) is 1. The van der Waals surface area contributed by atoms with Gasteiger partial charge in [-0.2, -0.15) is 0 Å². The molecule has 4 atom stereocenters. The molecule has 0 amide bonds. The Morgan fingerprint density at radius 3 is 3.00 bits per heavy atom. The Kier molecular flexibility index (Phi) is 7.47. The second kappa shape index (κ2) is 9.36. The van der Waals surface area contributed by atoms with Crippen LogP contribution < -0.4 is 25.8 Å². The van der Waals surface area contributed by atoms with Crippen LogP contribution in [0.3, 0.4) is 0 Å². The number of carbonyl (C=O) groups is 1. The summed E-state index contributed by atoms with van der Waals surface area (Å²) in [6.07, 6.45) is 2.97. The van der Waals surface area contributed by atoms with Crippen LogP contribution in [0.25, 0.3) is 0 Å². The van der Waals surface area contributed by atoms with Gasteiger partial charge in [0.05, 0.1) is 18.4 Å². The molecule has 0 saturated carbocycles. The van der Waals surface area contributed by atoms with Gasteiger partial charge in [0.1, 0.15) is 5.75 Å². The van der Waals surface area contributed by atoms with Gasteiger partial charge in [0.15, 0.2) is 5.78 Å². The summed E-state index contributed by atoms with van der Waals surface area (Å²) in [7, 11) is 0. The molecule has 1 aromatic rings. The molecule has 1 saturated heterocycles. The Labute approximate surface area is 146 Å². The van der Waals surface area contributed by atoms with Crippen molar-refractivity contribution in [2.24, 2.45) is 5.73 Å². The number of nitrogens with two attached hydrogens (primary N) is 1. The van der Waals surface area contributed by atoms with Crippen molar-refractivity contribution in [2.45, 2.75) is 44.4 Å². The fraction of sp³-hybridized carbons (Fsp3) is 0.562. The highest BCUT2D eigenvalue weighted by atomic mass is 32.2. The number of carbonyl (C=O) groups excluding carboxylic acids is 1. The monoisotopic (exact) mass is 354 g/mol. The lowest BCUT2D eigenvalue weighted by atomic mass is 10.1. The second-order valence-electron chi connectivity index (χ2n) is 5.80. The van der Waals surface area contributed by atoms with E-state index in [0.29, 0.717) is 30.1 Å². The molecular formula is C16H26N4O3S. The standard InChI is InChI=1S/C16H26N4O3S/c1-10(21)11-5-3-6-12(9-11)23-16(22)13(17)7-4-8-18-14-15(19-14)20-24-2/h3,5-6,9,13-16,18-20,22H,4,7-8,17H2,1-2H3. The van der Waals surface area contributed by atoms with Crippen molar-refractivity contribution in [2.75, 3.05) is 12.8 Å². The van der Waals surface area contributed by atoms with E-state index in [4.69, 9.17) is 10.5 Å². The summed E-state index contributed by atoms with van der Waals surface area (Å²) in [6.45, 7) is 2.30. The van der Waals surface area contributed by atoms with E-state index in [1.165, 1.54) is 6.92 Å². The maximum Gasteiger partial charge on any atom is 0.212 e. The molecule has 1 aliphatic rings. The van der Waals surface area contributed by atoms with E-state index in [-0.39, 0.29) is 5.78 Å². The van der Waals surface area contributed by atoms with Crippen LogP contribution >= 0.6 is 11.9 Å². The van der Waals surface area contributed by atoms with Crippen molar-refractivity contribution in [1.29, 1.82) is 0 Å². The summed E-state index contributed by atoms with van der Waals surface area (Å²) in [5, 5.41) is 16.7. The first kappa shape index (κ1) is 19.2. The third kappa shape index (κ3) is 6.04. The van der Waals surface area contributed by atoms with Crippen molar-refractivity contribution >= 4 is 17.7 Å². The molecule has 2 rings (SSSR count). The van der Waals surface area contributed by atoms with E-state index in [0.717, 1.165) is 13.0 Å². The molecule has 7 nitrogen and oxygen atoms in total. The van der Waals surface area contributed by atoms with Crippen molar-refractivity contribution in [3.05, 3.63) is 29.8 Å². The Morgan fingerprint density at radius 2 is 2.29 bits per heavy atom. The highest BCUT2D eigenvalue weighted by molar-refractivity contribution is 7.96. The molecule has 24 heavy (non-hydrogen) atoms. The highest BCUT2D eigenvalue weighted by Gasteiger charge is 2.34. The van der Waals surface area contributed by atoms with Crippen LogP contribution in [-0.2, 0) is 0 Å². The lowest BCUT2D eigenvalue weighted by Gasteiger charge is -2.20. The van der Waals surface area contributed by atoms with Crippen LogP contribution in [0.2, 0.25) is 0 Å². The van der Waals surface area contributed by atoms with Gasteiger partial charge >= 0.3 is 0 Å². The zero-order valence-electron chi connectivity index (χ0n) is 14.0. The Balaban J connectivity index is 1.66. The predicted molar refractivity (Wildman–Crippen MR) is 95.7 cm³/mol. The minimum Gasteiger partial charge on any atom is -0.463 e. The Hall–Kier alpha value is -1.16. The summed E-state index contributed by atoms with van der Waals surface area (Å²) in [6, 6.07) is 6.24. The van der Waals surface area contributed by atoms with Crippen LogP contribution in [0.5, 0.6) is 5.75 Å². The number of ketones is 1. The van der Waals surface area contributed by atoms with E-state index in [9.17, 15) is 9.90 Å². The number of aliphatic hydroxyl groups excluding tert-OH is 1. The first-order chi connectivity index (χ1) is 11.5. The van der Waals surface area contributed by atoms with E-state index < -0.39 is 12.3 Å². The van der Waals surface area contributed by atoms with Crippen LogP contribution in [0, 0.1) is 0 Å². The third-order valence-corrected chi connectivity index (χ3v) is 4.26. The summed E-state index contributed by atoms with van der Waals surface area (Å²) in [5.41, 5.74) is 6.51. The lowest BCUT2D eigenvalue weighted by molar-refractivity contribution is -0.0383. The van der Waals surface area contributed by atoms with Crippen LogP contribution in [0.1, 0.15) is 30.1 Å². The molecule has 1 aliphatic heterocycles. The molecule has 6 N–H and O–H groups in total. The van der Waals surface area contributed by atoms with Crippen molar-refractivity contribution in [3.63, 3.8) is 0 Å². The quantitative estimate of drug-likeness (QED) is 0.127. The molecular weight excluding hydrogens is 328 g/mol. The van der Waals surface area contributed by atoms with Crippen LogP contribution in [0.15, 0.2) is 24.3 Å². The SMILES string of the molecule is CSNC1NC1NCCCC(N)C(O)Oc1cccc(C(C)=O)c1. The first-order valence-electron chi connectivity index (χ1n) is 8.00. The number of nitrogens with one attached hydrogen (secondary N) is 3. The topological polar surface area (TPSA) is 119 Å². The molecule has 4 unspecified atom stereocenters. The average Bonchev–Trinajstić information content (AvgIpc) is 3.30. The summed E-state index contributed by atoms with van der Waals surface area (Å²) in [4.78, 5) is 11.4. The van der Waals surface area contributed by atoms with Gasteiger partial charge in [-0.05, 0) is 44.7 Å². The number of aliphatic hydroxyl groups is 1. The Morgan fingerprint density at radius 1 is 1.50 bits per heavy atom. The zero-order chi connectivity index (χ0) is 17.5. The van der Waals surface area contributed by atoms with Gasteiger partial charge in [0.25, 0.3) is 0 Å². The zero-order valence-corrected chi connectivity index (χ0v) is 14.8. The van der Waals surface area contributed by atoms with Gasteiger partial charge in [-0.25, -0.2) is 4.72 Å². The molecule has 8 heteroatoms. The molecule has 0 spiro atoms. The summed E-state index contributed by atoms with van der Waals surface area (Å²) in [5.74, 6) is 0.394. The molecule has 0 aromatic heterocycles. The summed E-state index contributed by atoms with van der Waals surface area (Å²) < 4.78 is 8.65. The molecule has 134 valence electrons. The van der Waals surface area contributed by atoms with E-state index in [2.05, 4.69) is 15.4 Å². The number of hydrogen-bond donors (Lipinski definition) is 5. The molecule has 1 fully saturated rings. The highest BCUT2D eigenvalue weighted by Crippen LogP contribution is 2.16. The van der Waals surface area contributed by atoms with Crippen LogP contribution in [-0.4, -0.2) is 48.4 Å². The molecule has 1 heterocycles. The maximum absolute atomic E-state index is 11.4. The molecule has 0 aliphatic carbocycles. The predicted octanol–water partition coefficient (Wildman–Crippen LogP) is 0.407. The fourth-order valence-corrected chi connectivity index (χ4v) is 2.75. The van der Waals surface area contributed by atoms with Gasteiger partial charge in [-0.3, -0.25) is 15.4 Å². The fourth-order valence-electron chi connectivity index (χ4n) is 2.30. The molecule has 0 radical (unpaired) electrons. The van der Waals surface area contributed by atoms with E-state index in [1.807, 2.05) is 6.26 Å². The largest absolute Gasteiger partial charge is 0.463 e. The van der Waals surface area contributed by atoms with Gasteiger partial charge in [-0.1, -0.05) is 24.1 Å². The minimum atomic E-state index is -1.10. The van der Waals surface area contributed by atoms with E-state index >= 15 is 0 Å². The van der Waals surface area contributed by atoms with E-state index in [1.54, 1.807) is 36.2 Å². The smallest absolute Gasteiger partial charge is 0.212 e. The van der Waals surface area contributed by atoms with Gasteiger partial charge in [0, 0.05) is 5.56 Å². The maximum atomic E-state index is 11.4.